The van der Waals surface area contributed by atoms with E-state index in [1.807, 2.05) is 6.07 Å². The van der Waals surface area contributed by atoms with Gasteiger partial charge < -0.3 is 15.2 Å². The van der Waals surface area contributed by atoms with Gasteiger partial charge in [0.1, 0.15) is 0 Å². The van der Waals surface area contributed by atoms with Crippen molar-refractivity contribution in [3.63, 3.8) is 0 Å². The minimum atomic E-state index is 0.303. The molecule has 0 heterocycles. The third-order valence-electron chi connectivity index (χ3n) is 4.46. The Balaban J connectivity index is 2.22. The summed E-state index contributed by atoms with van der Waals surface area (Å²) in [5, 5.41) is 0. The fourth-order valence-electron chi connectivity index (χ4n) is 2.81. The first-order valence-electron chi connectivity index (χ1n) is 8.66. The van der Waals surface area contributed by atoms with Crippen LogP contribution in [-0.4, -0.2) is 20.3 Å². The second kappa shape index (κ2) is 8.74. The van der Waals surface area contributed by atoms with E-state index in [0.717, 1.165) is 24.3 Å². The number of benzene rings is 2. The van der Waals surface area contributed by atoms with Crippen LogP contribution in [0.5, 0.6) is 11.5 Å². The van der Waals surface area contributed by atoms with Crippen LogP contribution in [0.25, 0.3) is 0 Å². The highest BCUT2D eigenvalue weighted by Crippen LogP contribution is 2.31. The second-order valence-corrected chi connectivity index (χ2v) is 6.31. The van der Waals surface area contributed by atoms with Crippen molar-refractivity contribution in [3.8, 4) is 11.5 Å². The van der Waals surface area contributed by atoms with Gasteiger partial charge >= 0.3 is 0 Å². The van der Waals surface area contributed by atoms with Crippen LogP contribution in [0.1, 0.15) is 41.5 Å². The van der Waals surface area contributed by atoms with Gasteiger partial charge in [-0.15, -0.1) is 0 Å². The first kappa shape index (κ1) is 18.3. The summed E-state index contributed by atoms with van der Waals surface area (Å²) in [6, 6.07) is 12.8. The predicted octanol–water partition coefficient (Wildman–Crippen LogP) is 4.39. The van der Waals surface area contributed by atoms with Gasteiger partial charge in [-0.1, -0.05) is 31.2 Å². The molecule has 3 heteroatoms. The average molecular weight is 327 g/mol. The summed E-state index contributed by atoms with van der Waals surface area (Å²) in [6.45, 7) is 7.70. The van der Waals surface area contributed by atoms with Gasteiger partial charge in [0, 0.05) is 5.92 Å². The lowest BCUT2D eigenvalue weighted by Gasteiger charge is -2.18. The molecule has 2 N–H and O–H groups in total. The zero-order valence-electron chi connectivity index (χ0n) is 15.3. The lowest BCUT2D eigenvalue weighted by molar-refractivity contribution is 0.294. The van der Waals surface area contributed by atoms with Crippen LogP contribution in [0, 0.1) is 13.8 Å². The monoisotopic (exact) mass is 327 g/mol. The molecular weight excluding hydrogens is 298 g/mol. The molecule has 0 aliphatic carbocycles. The van der Waals surface area contributed by atoms with E-state index in [4.69, 9.17) is 15.2 Å². The average Bonchev–Trinajstić information content (AvgIpc) is 2.60. The molecule has 24 heavy (non-hydrogen) atoms. The van der Waals surface area contributed by atoms with Crippen molar-refractivity contribution in [2.75, 3.05) is 20.3 Å². The normalized spacial score (nSPS) is 12.0. The molecule has 0 saturated carbocycles. The SMILES string of the molecule is CCCOc1cc(CC(CN)c2ccc(C)c(C)c2)ccc1OC. The molecular formula is C21H29NO2. The van der Waals surface area contributed by atoms with Gasteiger partial charge in [-0.25, -0.2) is 0 Å². The number of nitrogens with two attached hydrogens (primary N) is 1. The van der Waals surface area contributed by atoms with Crippen LogP contribution in [0.15, 0.2) is 36.4 Å². The number of aryl methyl sites for hydroxylation is 2. The van der Waals surface area contributed by atoms with Crippen LogP contribution < -0.4 is 15.2 Å². The van der Waals surface area contributed by atoms with Gasteiger partial charge in [0.25, 0.3) is 0 Å². The molecule has 2 aromatic rings. The van der Waals surface area contributed by atoms with Crippen molar-refractivity contribution in [1.82, 2.24) is 0 Å². The molecule has 0 aliphatic rings. The van der Waals surface area contributed by atoms with Gasteiger partial charge in [0.05, 0.1) is 13.7 Å². The molecule has 0 aromatic heterocycles. The first-order valence-corrected chi connectivity index (χ1v) is 8.66. The third kappa shape index (κ3) is 4.51. The van der Waals surface area contributed by atoms with Crippen molar-refractivity contribution >= 4 is 0 Å². The van der Waals surface area contributed by atoms with Crippen LogP contribution in [0.2, 0.25) is 0 Å². The quantitative estimate of drug-likeness (QED) is 0.782. The molecule has 2 aromatic carbocycles. The van der Waals surface area contributed by atoms with Crippen molar-refractivity contribution in [1.29, 1.82) is 0 Å². The van der Waals surface area contributed by atoms with Crippen molar-refractivity contribution in [3.05, 3.63) is 58.7 Å². The van der Waals surface area contributed by atoms with E-state index < -0.39 is 0 Å². The molecule has 0 bridgehead atoms. The van der Waals surface area contributed by atoms with Crippen LogP contribution in [0.4, 0.5) is 0 Å². The fourth-order valence-corrected chi connectivity index (χ4v) is 2.81. The largest absolute Gasteiger partial charge is 0.493 e. The molecule has 0 amide bonds. The summed E-state index contributed by atoms with van der Waals surface area (Å²) in [6.07, 6.45) is 1.87. The Kier molecular flexibility index (Phi) is 6.68. The van der Waals surface area contributed by atoms with Crippen molar-refractivity contribution in [2.24, 2.45) is 5.73 Å². The Hall–Kier alpha value is -2.00. The highest BCUT2D eigenvalue weighted by molar-refractivity contribution is 5.44. The number of hydrogen-bond donors (Lipinski definition) is 1. The predicted molar refractivity (Wildman–Crippen MR) is 100 cm³/mol. The number of ether oxygens (including phenoxy) is 2. The van der Waals surface area contributed by atoms with E-state index in [1.165, 1.54) is 22.3 Å². The van der Waals surface area contributed by atoms with Gasteiger partial charge in [0.15, 0.2) is 11.5 Å². The maximum absolute atomic E-state index is 6.06. The summed E-state index contributed by atoms with van der Waals surface area (Å²) in [4.78, 5) is 0. The van der Waals surface area contributed by atoms with E-state index in [1.54, 1.807) is 7.11 Å². The Morgan fingerprint density at radius 2 is 1.79 bits per heavy atom. The molecule has 130 valence electrons. The summed E-state index contributed by atoms with van der Waals surface area (Å²) in [5.41, 5.74) is 11.2. The summed E-state index contributed by atoms with van der Waals surface area (Å²) in [5.74, 6) is 1.90. The molecule has 3 nitrogen and oxygen atoms in total. The van der Waals surface area contributed by atoms with Gasteiger partial charge in [-0.05, 0) is 67.6 Å². The highest BCUT2D eigenvalue weighted by Gasteiger charge is 2.14. The molecule has 0 spiro atoms. The van der Waals surface area contributed by atoms with E-state index >= 15 is 0 Å². The van der Waals surface area contributed by atoms with Crippen molar-refractivity contribution < 1.29 is 9.47 Å². The van der Waals surface area contributed by atoms with E-state index in [0.29, 0.717) is 19.1 Å². The smallest absolute Gasteiger partial charge is 0.161 e. The van der Waals surface area contributed by atoms with Crippen LogP contribution >= 0.6 is 0 Å². The van der Waals surface area contributed by atoms with E-state index in [2.05, 4.69) is 51.1 Å². The first-order chi connectivity index (χ1) is 11.6. The van der Waals surface area contributed by atoms with Gasteiger partial charge in [-0.3, -0.25) is 0 Å². The van der Waals surface area contributed by atoms with Crippen LogP contribution in [-0.2, 0) is 6.42 Å². The van der Waals surface area contributed by atoms with Gasteiger partial charge in [0.2, 0.25) is 0 Å². The molecule has 1 unspecified atom stereocenters. The third-order valence-corrected chi connectivity index (χ3v) is 4.46. The summed E-state index contributed by atoms with van der Waals surface area (Å²) >= 11 is 0. The second-order valence-electron chi connectivity index (χ2n) is 6.31. The lowest BCUT2D eigenvalue weighted by atomic mass is 9.90. The Morgan fingerprint density at radius 3 is 2.42 bits per heavy atom. The summed E-state index contributed by atoms with van der Waals surface area (Å²) < 4.78 is 11.2. The standard InChI is InChI=1S/C21H29NO2/c1-5-10-24-21-13-17(7-9-20(21)23-4)12-19(14-22)18-8-6-15(2)16(3)11-18/h6-9,11,13,19H,5,10,12,14,22H2,1-4H3. The Labute approximate surface area is 145 Å². The van der Waals surface area contributed by atoms with Gasteiger partial charge in [-0.2, -0.15) is 0 Å². The topological polar surface area (TPSA) is 44.5 Å². The molecule has 0 radical (unpaired) electrons. The molecule has 2 rings (SSSR count). The maximum atomic E-state index is 6.06. The highest BCUT2D eigenvalue weighted by atomic mass is 16.5. The molecule has 0 fully saturated rings. The Morgan fingerprint density at radius 1 is 1.00 bits per heavy atom. The van der Waals surface area contributed by atoms with Crippen LogP contribution in [0.3, 0.4) is 0 Å². The minimum Gasteiger partial charge on any atom is -0.493 e. The molecule has 1 atom stereocenters. The number of hydrogen-bond acceptors (Lipinski definition) is 3. The van der Waals surface area contributed by atoms with E-state index in [9.17, 15) is 0 Å². The zero-order valence-corrected chi connectivity index (χ0v) is 15.3. The maximum Gasteiger partial charge on any atom is 0.161 e. The fraction of sp³-hybridized carbons (Fsp3) is 0.429. The molecule has 0 saturated heterocycles. The minimum absolute atomic E-state index is 0.303. The zero-order chi connectivity index (χ0) is 17.5. The number of rotatable bonds is 8. The molecule has 0 aliphatic heterocycles. The lowest BCUT2D eigenvalue weighted by Crippen LogP contribution is -2.15. The Bertz CT molecular complexity index is 667. The number of methoxy groups -OCH3 is 1. The summed E-state index contributed by atoms with van der Waals surface area (Å²) in [7, 11) is 1.67. The van der Waals surface area contributed by atoms with E-state index in [-0.39, 0.29) is 0 Å². The van der Waals surface area contributed by atoms with Crippen molar-refractivity contribution in [2.45, 2.75) is 39.5 Å².